The maximum Gasteiger partial charge on any atom is 0.225 e. The van der Waals surface area contributed by atoms with Crippen molar-refractivity contribution in [2.24, 2.45) is 11.8 Å². The molecular weight excluding hydrogens is 355 g/mol. The third kappa shape index (κ3) is 4.58. The van der Waals surface area contributed by atoms with E-state index in [9.17, 15) is 9.18 Å². The normalized spacial score (nSPS) is 27.2. The van der Waals surface area contributed by atoms with Crippen LogP contribution in [0, 0.1) is 11.8 Å². The lowest BCUT2D eigenvalue weighted by Crippen LogP contribution is -2.51. The lowest BCUT2D eigenvalue weighted by atomic mass is 9.81. The van der Waals surface area contributed by atoms with Gasteiger partial charge in [-0.25, -0.2) is 4.39 Å². The summed E-state index contributed by atoms with van der Waals surface area (Å²) in [6.45, 7) is 1.93. The fourth-order valence-electron chi connectivity index (χ4n) is 4.23. The Labute approximate surface area is 165 Å². The first-order valence-corrected chi connectivity index (χ1v) is 10.2. The van der Waals surface area contributed by atoms with Crippen LogP contribution in [0.4, 0.5) is 4.39 Å². The van der Waals surface area contributed by atoms with Crippen LogP contribution in [0.3, 0.4) is 0 Å². The molecular formula is C23H27FN2O2. The monoisotopic (exact) mass is 382 g/mol. The number of alkyl halides is 1. The quantitative estimate of drug-likeness (QED) is 0.763. The summed E-state index contributed by atoms with van der Waals surface area (Å²) >= 11 is 0. The molecule has 0 N–H and O–H groups in total. The van der Waals surface area contributed by atoms with Crippen molar-refractivity contribution in [3.8, 4) is 0 Å². The van der Waals surface area contributed by atoms with Gasteiger partial charge in [0.1, 0.15) is 6.17 Å². The fourth-order valence-corrected chi connectivity index (χ4v) is 4.23. The molecule has 1 aliphatic carbocycles. The van der Waals surface area contributed by atoms with E-state index >= 15 is 0 Å². The van der Waals surface area contributed by atoms with Crippen LogP contribution in [0.15, 0.2) is 54.9 Å². The highest BCUT2D eigenvalue weighted by Gasteiger charge is 2.40. The summed E-state index contributed by atoms with van der Waals surface area (Å²) < 4.78 is 19.5. The first-order chi connectivity index (χ1) is 13.7. The van der Waals surface area contributed by atoms with Crippen LogP contribution in [0.5, 0.6) is 0 Å². The Morgan fingerprint density at radius 3 is 2.57 bits per heavy atom. The average molecular weight is 382 g/mol. The van der Waals surface area contributed by atoms with E-state index in [-0.39, 0.29) is 23.8 Å². The van der Waals surface area contributed by atoms with Crippen molar-refractivity contribution in [3.63, 3.8) is 0 Å². The van der Waals surface area contributed by atoms with Gasteiger partial charge in [-0.3, -0.25) is 9.78 Å². The summed E-state index contributed by atoms with van der Waals surface area (Å²) in [5, 5.41) is 0. The van der Waals surface area contributed by atoms with E-state index < -0.39 is 6.17 Å². The van der Waals surface area contributed by atoms with Crippen LogP contribution < -0.4 is 0 Å². The molecule has 1 aromatic carbocycles. The van der Waals surface area contributed by atoms with Crippen LogP contribution in [-0.2, 0) is 22.6 Å². The molecule has 148 valence electrons. The zero-order valence-electron chi connectivity index (χ0n) is 16.0. The maximum atomic E-state index is 13.2. The van der Waals surface area contributed by atoms with Crippen LogP contribution >= 0.6 is 0 Å². The van der Waals surface area contributed by atoms with E-state index in [1.54, 1.807) is 12.4 Å². The molecule has 1 saturated carbocycles. The number of piperidine rings is 1. The number of amides is 1. The molecule has 0 spiro atoms. The lowest BCUT2D eigenvalue weighted by Gasteiger charge is -2.41. The number of hydrogen-bond acceptors (Lipinski definition) is 3. The molecule has 2 heterocycles. The molecule has 2 aromatic rings. The smallest absolute Gasteiger partial charge is 0.225 e. The zero-order chi connectivity index (χ0) is 19.3. The second-order valence-electron chi connectivity index (χ2n) is 7.99. The van der Waals surface area contributed by atoms with Crippen LogP contribution in [0.1, 0.15) is 30.4 Å². The Hall–Kier alpha value is -2.27. The Kier molecular flexibility index (Phi) is 6.01. The van der Waals surface area contributed by atoms with Gasteiger partial charge in [-0.15, -0.1) is 0 Å². The highest BCUT2D eigenvalue weighted by Crippen LogP contribution is 2.34. The number of aromatic nitrogens is 1. The molecule has 1 aliphatic heterocycles. The Morgan fingerprint density at radius 1 is 1.11 bits per heavy atom. The van der Waals surface area contributed by atoms with Gasteiger partial charge in [-0.2, -0.15) is 0 Å². The molecule has 0 radical (unpaired) electrons. The van der Waals surface area contributed by atoms with Gasteiger partial charge in [0.2, 0.25) is 5.91 Å². The number of pyridine rings is 1. The zero-order valence-corrected chi connectivity index (χ0v) is 16.0. The van der Waals surface area contributed by atoms with Crippen LogP contribution in [0.2, 0.25) is 0 Å². The highest BCUT2D eigenvalue weighted by molar-refractivity contribution is 5.80. The van der Waals surface area contributed by atoms with Crippen molar-refractivity contribution >= 4 is 5.91 Å². The number of rotatable bonds is 6. The summed E-state index contributed by atoms with van der Waals surface area (Å²) in [7, 11) is 0. The summed E-state index contributed by atoms with van der Waals surface area (Å²) in [5.41, 5.74) is 2.36. The van der Waals surface area contributed by atoms with E-state index in [0.29, 0.717) is 32.5 Å². The van der Waals surface area contributed by atoms with E-state index in [1.165, 1.54) is 5.56 Å². The third-order valence-electron chi connectivity index (χ3n) is 5.96. The minimum Gasteiger partial charge on any atom is -0.373 e. The molecule has 4 rings (SSSR count). The molecule has 1 aromatic heterocycles. The molecule has 2 fully saturated rings. The number of halogens is 1. The number of hydrogen-bond donors (Lipinski definition) is 0. The largest absolute Gasteiger partial charge is 0.373 e. The molecule has 28 heavy (non-hydrogen) atoms. The van der Waals surface area contributed by atoms with Gasteiger partial charge in [0.25, 0.3) is 0 Å². The van der Waals surface area contributed by atoms with Gasteiger partial charge < -0.3 is 9.64 Å². The number of benzene rings is 1. The van der Waals surface area contributed by atoms with Crippen molar-refractivity contribution in [2.45, 2.75) is 44.6 Å². The predicted molar refractivity (Wildman–Crippen MR) is 105 cm³/mol. The predicted octanol–water partition coefficient (Wildman–Crippen LogP) is 3.81. The highest BCUT2D eigenvalue weighted by atomic mass is 19.1. The minimum absolute atomic E-state index is 0.104. The van der Waals surface area contributed by atoms with Crippen molar-refractivity contribution in [3.05, 3.63) is 66.0 Å². The van der Waals surface area contributed by atoms with Gasteiger partial charge in [0, 0.05) is 37.3 Å². The first kappa shape index (κ1) is 19.1. The SMILES string of the molecule is O=C(C1CC(F)C1)N1CC[C@@H](OCc2ccncc2)[C@H](Cc2ccccc2)C1. The summed E-state index contributed by atoms with van der Waals surface area (Å²) in [6.07, 6.45) is 5.34. The molecule has 1 saturated heterocycles. The number of ether oxygens (including phenoxy) is 1. The summed E-state index contributed by atoms with van der Waals surface area (Å²) in [5.74, 6) is 0.240. The standard InChI is InChI=1S/C23H27FN2O2/c24-21-13-19(14-21)23(27)26-11-8-22(28-16-18-6-9-25-10-7-18)20(15-26)12-17-4-2-1-3-5-17/h1-7,9-10,19-22H,8,11-16H2/t19?,20-,21?,22-/m1/s1. The molecule has 2 atom stereocenters. The van der Waals surface area contributed by atoms with Gasteiger partial charge in [0.05, 0.1) is 12.7 Å². The van der Waals surface area contributed by atoms with Gasteiger partial charge in [-0.1, -0.05) is 30.3 Å². The summed E-state index contributed by atoms with van der Waals surface area (Å²) in [4.78, 5) is 18.7. The Morgan fingerprint density at radius 2 is 1.86 bits per heavy atom. The van der Waals surface area contributed by atoms with E-state index in [4.69, 9.17) is 4.74 Å². The van der Waals surface area contributed by atoms with Crippen LogP contribution in [0.25, 0.3) is 0 Å². The van der Waals surface area contributed by atoms with Crippen LogP contribution in [-0.4, -0.2) is 41.2 Å². The van der Waals surface area contributed by atoms with Gasteiger partial charge in [-0.05, 0) is 48.9 Å². The topological polar surface area (TPSA) is 42.4 Å². The molecule has 5 heteroatoms. The minimum atomic E-state index is -0.796. The average Bonchev–Trinajstić information content (AvgIpc) is 2.71. The van der Waals surface area contributed by atoms with E-state index in [2.05, 4.69) is 17.1 Å². The van der Waals surface area contributed by atoms with E-state index in [1.807, 2.05) is 35.2 Å². The number of nitrogens with zero attached hydrogens (tertiary/aromatic N) is 2. The molecule has 0 unspecified atom stereocenters. The second-order valence-corrected chi connectivity index (χ2v) is 7.99. The molecule has 1 amide bonds. The molecule has 2 aliphatic rings. The Bertz CT molecular complexity index is 765. The number of carbonyl (C=O) groups excluding carboxylic acids is 1. The third-order valence-corrected chi connectivity index (χ3v) is 5.96. The molecule has 4 nitrogen and oxygen atoms in total. The van der Waals surface area contributed by atoms with Gasteiger partial charge in [0.15, 0.2) is 0 Å². The second kappa shape index (κ2) is 8.82. The summed E-state index contributed by atoms with van der Waals surface area (Å²) in [6, 6.07) is 14.3. The van der Waals surface area contributed by atoms with Crippen molar-refractivity contribution < 1.29 is 13.9 Å². The maximum absolute atomic E-state index is 13.2. The number of carbonyl (C=O) groups is 1. The first-order valence-electron chi connectivity index (χ1n) is 10.2. The van der Waals surface area contributed by atoms with Crippen molar-refractivity contribution in [1.82, 2.24) is 9.88 Å². The fraction of sp³-hybridized carbons (Fsp3) is 0.478. The molecule has 0 bridgehead atoms. The van der Waals surface area contributed by atoms with E-state index in [0.717, 1.165) is 18.4 Å². The Balaban J connectivity index is 1.42. The lowest BCUT2D eigenvalue weighted by molar-refractivity contribution is -0.145. The van der Waals surface area contributed by atoms with Crippen molar-refractivity contribution in [1.29, 1.82) is 0 Å². The van der Waals surface area contributed by atoms with Gasteiger partial charge >= 0.3 is 0 Å². The number of likely N-dealkylation sites (tertiary alicyclic amines) is 1. The van der Waals surface area contributed by atoms with Crippen molar-refractivity contribution in [2.75, 3.05) is 13.1 Å².